The molecular formula is C27H42FN5O5. The summed E-state index contributed by atoms with van der Waals surface area (Å²) in [6.45, 7) is 4.32. The molecule has 1 heterocycles. The van der Waals surface area contributed by atoms with E-state index in [1.807, 2.05) is 13.8 Å². The van der Waals surface area contributed by atoms with Crippen molar-refractivity contribution in [2.75, 3.05) is 13.2 Å². The summed E-state index contributed by atoms with van der Waals surface area (Å²) in [5.41, 5.74) is 17.0. The minimum Gasteiger partial charge on any atom is -0.488 e. The average molecular weight is 536 g/mol. The van der Waals surface area contributed by atoms with Gasteiger partial charge in [0.05, 0.1) is 12.1 Å². The third kappa shape index (κ3) is 9.92. The summed E-state index contributed by atoms with van der Waals surface area (Å²) in [5.74, 6) is -1.80. The van der Waals surface area contributed by atoms with Gasteiger partial charge < -0.3 is 32.2 Å². The van der Waals surface area contributed by atoms with E-state index in [1.54, 1.807) is 12.1 Å². The molecule has 38 heavy (non-hydrogen) atoms. The van der Waals surface area contributed by atoms with E-state index in [9.17, 15) is 19.2 Å². The molecule has 4 amide bonds. The molecule has 1 aliphatic heterocycles. The fourth-order valence-corrected chi connectivity index (χ4v) is 4.60. The molecule has 0 radical (unpaired) electrons. The first-order valence-electron chi connectivity index (χ1n) is 13.3. The number of amides is 4. The lowest BCUT2D eigenvalue weighted by molar-refractivity contribution is -0.140. The van der Waals surface area contributed by atoms with Gasteiger partial charge in [-0.25, -0.2) is 4.39 Å². The second kappa shape index (κ2) is 15.3. The van der Waals surface area contributed by atoms with Crippen molar-refractivity contribution in [1.82, 2.24) is 10.2 Å². The number of hydrogen-bond acceptors (Lipinski definition) is 6. The van der Waals surface area contributed by atoms with E-state index in [0.29, 0.717) is 50.6 Å². The Bertz CT molecular complexity index is 973. The molecule has 1 fully saturated rings. The highest BCUT2D eigenvalue weighted by atomic mass is 19.1. The quantitative estimate of drug-likeness (QED) is 0.234. The molecule has 212 valence electrons. The van der Waals surface area contributed by atoms with Gasteiger partial charge in [-0.3, -0.25) is 19.2 Å². The number of halogens is 1. The standard InChI is InChI=1S/C27H42FN5O5/c1-17(2)15-20(29)27(37)33-14-6-9-21(33)26(36)32-19(12-13-24(31)35)16-38-22-10-5-8-18(25(22)28)7-3-4-11-23(30)34/h5,8,10,17,19-21H,3-4,6-7,9,11-16,29H2,1-2H3,(H2,30,34)(H2,31,35)(H,32,36)/t19-,20-,21-/m0/s1. The highest BCUT2D eigenvalue weighted by Gasteiger charge is 2.37. The number of carbonyl (C=O) groups is 4. The van der Waals surface area contributed by atoms with Gasteiger partial charge in [-0.2, -0.15) is 0 Å². The summed E-state index contributed by atoms with van der Waals surface area (Å²) in [6.07, 6.45) is 3.72. The minimum absolute atomic E-state index is 0.00324. The molecule has 1 aromatic rings. The summed E-state index contributed by atoms with van der Waals surface area (Å²) in [6, 6.07) is 2.83. The van der Waals surface area contributed by atoms with Crippen LogP contribution in [0, 0.1) is 11.7 Å². The number of hydrogen-bond donors (Lipinski definition) is 4. The van der Waals surface area contributed by atoms with Gasteiger partial charge in [0.15, 0.2) is 11.6 Å². The van der Waals surface area contributed by atoms with Crippen molar-refractivity contribution in [2.45, 2.75) is 89.8 Å². The predicted octanol–water partition coefficient (Wildman–Crippen LogP) is 1.52. The number of likely N-dealkylation sites (tertiary alicyclic amines) is 1. The second-order valence-electron chi connectivity index (χ2n) is 10.3. The Hall–Kier alpha value is -3.21. The van der Waals surface area contributed by atoms with E-state index < -0.39 is 35.8 Å². The number of nitrogens with one attached hydrogen (secondary N) is 1. The Labute approximate surface area is 223 Å². The lowest BCUT2D eigenvalue weighted by Crippen LogP contribution is -2.53. The van der Waals surface area contributed by atoms with Crippen molar-refractivity contribution in [2.24, 2.45) is 23.1 Å². The Morgan fingerprint density at radius 2 is 1.84 bits per heavy atom. The fraction of sp³-hybridized carbons (Fsp3) is 0.630. The molecule has 10 nitrogen and oxygen atoms in total. The van der Waals surface area contributed by atoms with Gasteiger partial charge >= 0.3 is 0 Å². The molecule has 0 unspecified atom stereocenters. The lowest BCUT2D eigenvalue weighted by Gasteiger charge is -2.29. The van der Waals surface area contributed by atoms with Gasteiger partial charge in [-0.15, -0.1) is 0 Å². The average Bonchev–Trinajstić information content (AvgIpc) is 3.34. The highest BCUT2D eigenvalue weighted by Crippen LogP contribution is 2.23. The first kappa shape index (κ1) is 31.0. The van der Waals surface area contributed by atoms with Crippen LogP contribution in [0.1, 0.15) is 70.8 Å². The van der Waals surface area contributed by atoms with Crippen LogP contribution in [0.2, 0.25) is 0 Å². The Kier molecular flexibility index (Phi) is 12.5. The van der Waals surface area contributed by atoms with Crippen molar-refractivity contribution < 1.29 is 28.3 Å². The van der Waals surface area contributed by atoms with Crippen LogP contribution in [-0.4, -0.2) is 59.8 Å². The van der Waals surface area contributed by atoms with Crippen molar-refractivity contribution >= 4 is 23.6 Å². The highest BCUT2D eigenvalue weighted by molar-refractivity contribution is 5.90. The molecule has 1 aliphatic rings. The maximum Gasteiger partial charge on any atom is 0.243 e. The largest absolute Gasteiger partial charge is 0.488 e. The van der Waals surface area contributed by atoms with E-state index in [2.05, 4.69) is 5.32 Å². The molecule has 3 atom stereocenters. The van der Waals surface area contributed by atoms with E-state index in [4.69, 9.17) is 21.9 Å². The summed E-state index contributed by atoms with van der Waals surface area (Å²) in [5, 5.41) is 2.86. The number of benzene rings is 1. The van der Waals surface area contributed by atoms with Crippen LogP contribution in [0.4, 0.5) is 4.39 Å². The first-order chi connectivity index (χ1) is 18.0. The molecule has 0 bridgehead atoms. The third-order valence-electron chi connectivity index (χ3n) is 6.57. The molecule has 7 N–H and O–H groups in total. The zero-order valence-corrected chi connectivity index (χ0v) is 22.4. The SMILES string of the molecule is CC(C)C[C@H](N)C(=O)N1CCC[C@H]1C(=O)N[C@@H](CCC(N)=O)COc1cccc(CCCCC(N)=O)c1F. The first-order valence-corrected chi connectivity index (χ1v) is 13.3. The summed E-state index contributed by atoms with van der Waals surface area (Å²) in [4.78, 5) is 49.9. The van der Waals surface area contributed by atoms with Crippen LogP contribution in [0.25, 0.3) is 0 Å². The molecule has 2 rings (SSSR count). The molecule has 0 aromatic heterocycles. The lowest BCUT2D eigenvalue weighted by atomic mass is 10.0. The fourth-order valence-electron chi connectivity index (χ4n) is 4.60. The van der Waals surface area contributed by atoms with Gasteiger partial charge in [-0.1, -0.05) is 26.0 Å². The maximum absolute atomic E-state index is 15.0. The van der Waals surface area contributed by atoms with Gasteiger partial charge in [0.2, 0.25) is 23.6 Å². The number of aryl methyl sites for hydroxylation is 1. The summed E-state index contributed by atoms with van der Waals surface area (Å²) >= 11 is 0. The van der Waals surface area contributed by atoms with Gasteiger partial charge in [0.25, 0.3) is 0 Å². The topological polar surface area (TPSA) is 171 Å². The van der Waals surface area contributed by atoms with Crippen molar-refractivity contribution in [1.29, 1.82) is 0 Å². The zero-order valence-electron chi connectivity index (χ0n) is 22.4. The molecule has 0 saturated carbocycles. The van der Waals surface area contributed by atoms with Crippen LogP contribution in [0.5, 0.6) is 5.75 Å². The van der Waals surface area contributed by atoms with E-state index in [1.165, 1.54) is 11.0 Å². The molecular weight excluding hydrogens is 493 g/mol. The molecule has 1 aromatic carbocycles. The van der Waals surface area contributed by atoms with Crippen molar-refractivity contribution in [3.05, 3.63) is 29.6 Å². The van der Waals surface area contributed by atoms with E-state index >= 15 is 4.39 Å². The van der Waals surface area contributed by atoms with E-state index in [0.717, 1.165) is 0 Å². The van der Waals surface area contributed by atoms with Gasteiger partial charge in [0, 0.05) is 19.4 Å². The van der Waals surface area contributed by atoms with Gasteiger partial charge in [0.1, 0.15) is 12.6 Å². The number of ether oxygens (including phenoxy) is 1. The van der Waals surface area contributed by atoms with Crippen LogP contribution in [0.3, 0.4) is 0 Å². The Morgan fingerprint density at radius 1 is 1.13 bits per heavy atom. The third-order valence-corrected chi connectivity index (χ3v) is 6.57. The number of unbranched alkanes of at least 4 members (excludes halogenated alkanes) is 1. The normalized spacial score (nSPS) is 16.8. The molecule has 1 saturated heterocycles. The molecule has 11 heteroatoms. The number of primary amides is 2. The summed E-state index contributed by atoms with van der Waals surface area (Å²) < 4.78 is 20.7. The minimum atomic E-state index is -0.677. The predicted molar refractivity (Wildman–Crippen MR) is 141 cm³/mol. The van der Waals surface area contributed by atoms with E-state index in [-0.39, 0.29) is 49.4 Å². The van der Waals surface area contributed by atoms with Crippen LogP contribution < -0.4 is 27.3 Å². The van der Waals surface area contributed by atoms with Crippen LogP contribution in [-0.2, 0) is 25.6 Å². The monoisotopic (exact) mass is 535 g/mol. The number of nitrogens with two attached hydrogens (primary N) is 3. The second-order valence-corrected chi connectivity index (χ2v) is 10.3. The zero-order chi connectivity index (χ0) is 28.2. The molecule has 0 spiro atoms. The Balaban J connectivity index is 2.03. The van der Waals surface area contributed by atoms with Crippen LogP contribution >= 0.6 is 0 Å². The van der Waals surface area contributed by atoms with Crippen molar-refractivity contribution in [3.63, 3.8) is 0 Å². The molecule has 0 aliphatic carbocycles. The smallest absolute Gasteiger partial charge is 0.243 e. The Morgan fingerprint density at radius 3 is 2.50 bits per heavy atom. The maximum atomic E-state index is 15.0. The number of rotatable bonds is 16. The van der Waals surface area contributed by atoms with Crippen LogP contribution in [0.15, 0.2) is 18.2 Å². The number of carbonyl (C=O) groups excluding carboxylic acids is 4. The van der Waals surface area contributed by atoms with Crippen molar-refractivity contribution in [3.8, 4) is 5.75 Å². The summed E-state index contributed by atoms with van der Waals surface area (Å²) in [7, 11) is 0. The number of nitrogens with zero attached hydrogens (tertiary/aromatic N) is 1. The van der Waals surface area contributed by atoms with Gasteiger partial charge in [-0.05, 0) is 62.5 Å².